The van der Waals surface area contributed by atoms with Gasteiger partial charge in [0.05, 0.1) is 5.52 Å². The number of halogens is 1. The van der Waals surface area contributed by atoms with E-state index >= 15 is 0 Å². The predicted molar refractivity (Wildman–Crippen MR) is 93.3 cm³/mol. The SMILES string of the molecule is Oc1[nH]c2ccc(F)cc2c1N=Nc1nnc2c(n1)[nH]c1ccccc12. The highest BCUT2D eigenvalue weighted by Crippen LogP contribution is 2.36. The fourth-order valence-corrected chi connectivity index (χ4v) is 2.89. The van der Waals surface area contributed by atoms with Crippen LogP contribution in [0.5, 0.6) is 5.88 Å². The van der Waals surface area contributed by atoms with E-state index < -0.39 is 5.82 Å². The van der Waals surface area contributed by atoms with E-state index in [1.165, 1.54) is 18.2 Å². The number of aromatic amines is 2. The molecule has 0 saturated carbocycles. The Hall–Kier alpha value is -3.88. The number of para-hydroxylation sites is 1. The number of fused-ring (bicyclic) bond motifs is 4. The van der Waals surface area contributed by atoms with Crippen molar-refractivity contribution < 1.29 is 9.50 Å². The van der Waals surface area contributed by atoms with Crippen molar-refractivity contribution in [3.8, 4) is 5.88 Å². The van der Waals surface area contributed by atoms with E-state index in [4.69, 9.17) is 0 Å². The molecule has 0 amide bonds. The van der Waals surface area contributed by atoms with Gasteiger partial charge in [0.2, 0.25) is 5.88 Å². The zero-order chi connectivity index (χ0) is 17.7. The number of aromatic nitrogens is 5. The number of azo groups is 1. The second kappa shape index (κ2) is 5.31. The smallest absolute Gasteiger partial charge is 0.289 e. The Morgan fingerprint density at radius 2 is 1.77 bits per heavy atom. The summed E-state index contributed by atoms with van der Waals surface area (Å²) in [7, 11) is 0. The fourth-order valence-electron chi connectivity index (χ4n) is 2.89. The van der Waals surface area contributed by atoms with Crippen LogP contribution in [0.25, 0.3) is 33.0 Å². The zero-order valence-corrected chi connectivity index (χ0v) is 13.1. The van der Waals surface area contributed by atoms with Crippen molar-refractivity contribution in [2.24, 2.45) is 10.2 Å². The molecule has 0 bridgehead atoms. The zero-order valence-electron chi connectivity index (χ0n) is 13.1. The number of hydrogen-bond acceptors (Lipinski definition) is 6. The Balaban J connectivity index is 1.60. The summed E-state index contributed by atoms with van der Waals surface area (Å²) in [6.45, 7) is 0. The Morgan fingerprint density at radius 3 is 2.69 bits per heavy atom. The minimum Gasteiger partial charge on any atom is -0.493 e. The van der Waals surface area contributed by atoms with Gasteiger partial charge in [-0.3, -0.25) is 0 Å². The van der Waals surface area contributed by atoms with Crippen LogP contribution in [0.1, 0.15) is 0 Å². The maximum absolute atomic E-state index is 13.5. The Morgan fingerprint density at radius 1 is 0.923 bits per heavy atom. The Kier molecular flexibility index (Phi) is 2.95. The van der Waals surface area contributed by atoms with Gasteiger partial charge in [0.25, 0.3) is 5.95 Å². The molecule has 0 spiro atoms. The summed E-state index contributed by atoms with van der Waals surface area (Å²) in [6.07, 6.45) is 0. The number of H-pyrrole nitrogens is 2. The third kappa shape index (κ3) is 2.18. The van der Waals surface area contributed by atoms with Crippen LogP contribution in [-0.4, -0.2) is 30.3 Å². The molecule has 2 aromatic carbocycles. The van der Waals surface area contributed by atoms with E-state index in [0.29, 0.717) is 22.1 Å². The topological polar surface area (TPSA) is 115 Å². The lowest BCUT2D eigenvalue weighted by Gasteiger charge is -1.93. The van der Waals surface area contributed by atoms with Crippen LogP contribution in [0.3, 0.4) is 0 Å². The highest BCUT2D eigenvalue weighted by Gasteiger charge is 2.12. The molecular weight excluding hydrogens is 337 g/mol. The first-order chi connectivity index (χ1) is 12.7. The van der Waals surface area contributed by atoms with Gasteiger partial charge in [-0.1, -0.05) is 18.2 Å². The Labute approximate surface area is 144 Å². The van der Waals surface area contributed by atoms with Gasteiger partial charge >= 0.3 is 0 Å². The van der Waals surface area contributed by atoms with Gasteiger partial charge in [-0.2, -0.15) is 4.98 Å². The molecule has 8 nitrogen and oxygen atoms in total. The molecule has 0 fully saturated rings. The number of nitrogens with zero attached hydrogens (tertiary/aromatic N) is 5. The van der Waals surface area contributed by atoms with Crippen LogP contribution >= 0.6 is 0 Å². The molecular formula is C17H10FN7O. The van der Waals surface area contributed by atoms with Crippen molar-refractivity contribution in [2.45, 2.75) is 0 Å². The highest BCUT2D eigenvalue weighted by atomic mass is 19.1. The highest BCUT2D eigenvalue weighted by molar-refractivity contribution is 6.03. The first kappa shape index (κ1) is 14.5. The molecule has 5 rings (SSSR count). The first-order valence-electron chi connectivity index (χ1n) is 7.72. The summed E-state index contributed by atoms with van der Waals surface area (Å²) in [5.41, 5.74) is 2.71. The minimum atomic E-state index is -0.439. The summed E-state index contributed by atoms with van der Waals surface area (Å²) in [4.78, 5) is 10.1. The second-order valence-corrected chi connectivity index (χ2v) is 5.69. The number of aromatic hydroxyl groups is 1. The van der Waals surface area contributed by atoms with Crippen molar-refractivity contribution in [2.75, 3.05) is 0 Å². The molecule has 0 radical (unpaired) electrons. The molecule has 5 aromatic rings. The van der Waals surface area contributed by atoms with Crippen LogP contribution in [-0.2, 0) is 0 Å². The van der Waals surface area contributed by atoms with Crippen LogP contribution in [0.2, 0.25) is 0 Å². The van der Waals surface area contributed by atoms with E-state index in [0.717, 1.165) is 10.9 Å². The minimum absolute atomic E-state index is 0.0224. The molecule has 3 heterocycles. The average molecular weight is 347 g/mol. The summed E-state index contributed by atoms with van der Waals surface area (Å²) in [5.74, 6) is -0.631. The first-order valence-corrected chi connectivity index (χ1v) is 7.72. The molecule has 0 aliphatic heterocycles. The standard InChI is InChI=1S/C17H10FN7O/c18-8-5-6-12-10(7-8)14(16(26)20-12)23-25-17-21-15-13(22-24-17)9-3-1-2-4-11(9)19-15/h1-7,20,26H,(H,19,21,24). The van der Waals surface area contributed by atoms with Gasteiger partial charge in [0.1, 0.15) is 11.3 Å². The largest absolute Gasteiger partial charge is 0.493 e. The van der Waals surface area contributed by atoms with E-state index in [1.807, 2.05) is 24.3 Å². The molecule has 0 unspecified atom stereocenters. The second-order valence-electron chi connectivity index (χ2n) is 5.69. The average Bonchev–Trinajstić information content (AvgIpc) is 3.16. The third-order valence-corrected chi connectivity index (χ3v) is 4.06. The van der Waals surface area contributed by atoms with E-state index in [1.54, 1.807) is 0 Å². The van der Waals surface area contributed by atoms with Gasteiger partial charge in [0.15, 0.2) is 11.3 Å². The lowest BCUT2D eigenvalue weighted by molar-refractivity contribution is 0.459. The number of benzene rings is 2. The summed E-state index contributed by atoms with van der Waals surface area (Å²) in [5, 5.41) is 27.3. The molecule has 3 aromatic heterocycles. The van der Waals surface area contributed by atoms with Crippen LogP contribution in [0, 0.1) is 5.82 Å². The van der Waals surface area contributed by atoms with Crippen molar-refractivity contribution in [3.05, 3.63) is 48.3 Å². The third-order valence-electron chi connectivity index (χ3n) is 4.06. The van der Waals surface area contributed by atoms with E-state index in [9.17, 15) is 9.50 Å². The quantitative estimate of drug-likeness (QED) is 0.414. The molecule has 0 saturated heterocycles. The maximum atomic E-state index is 13.5. The van der Waals surface area contributed by atoms with Crippen LogP contribution < -0.4 is 0 Å². The molecule has 3 N–H and O–H groups in total. The molecule has 0 atom stereocenters. The maximum Gasteiger partial charge on any atom is 0.289 e. The summed E-state index contributed by atoms with van der Waals surface area (Å²) >= 11 is 0. The molecule has 0 aliphatic rings. The summed E-state index contributed by atoms with van der Waals surface area (Å²) in [6, 6.07) is 11.7. The van der Waals surface area contributed by atoms with Gasteiger partial charge in [0, 0.05) is 16.3 Å². The number of rotatable bonds is 2. The molecule has 26 heavy (non-hydrogen) atoms. The van der Waals surface area contributed by atoms with Crippen molar-refractivity contribution in [3.63, 3.8) is 0 Å². The summed E-state index contributed by atoms with van der Waals surface area (Å²) < 4.78 is 13.5. The monoisotopic (exact) mass is 347 g/mol. The van der Waals surface area contributed by atoms with Gasteiger partial charge in [-0.05, 0) is 24.3 Å². The van der Waals surface area contributed by atoms with Crippen molar-refractivity contribution >= 4 is 44.6 Å². The number of hydrogen-bond donors (Lipinski definition) is 3. The predicted octanol–water partition coefficient (Wildman–Crippen LogP) is 4.25. The van der Waals surface area contributed by atoms with Crippen LogP contribution in [0.15, 0.2) is 52.7 Å². The van der Waals surface area contributed by atoms with Gasteiger partial charge in [-0.15, -0.1) is 20.4 Å². The van der Waals surface area contributed by atoms with E-state index in [2.05, 4.69) is 35.4 Å². The van der Waals surface area contributed by atoms with Gasteiger partial charge in [-0.25, -0.2) is 4.39 Å². The lowest BCUT2D eigenvalue weighted by atomic mass is 10.2. The van der Waals surface area contributed by atoms with Crippen molar-refractivity contribution in [1.29, 1.82) is 0 Å². The van der Waals surface area contributed by atoms with Crippen molar-refractivity contribution in [1.82, 2.24) is 25.1 Å². The van der Waals surface area contributed by atoms with E-state index in [-0.39, 0.29) is 17.5 Å². The molecule has 126 valence electrons. The van der Waals surface area contributed by atoms with Crippen LogP contribution in [0.4, 0.5) is 16.0 Å². The fraction of sp³-hybridized carbons (Fsp3) is 0. The molecule has 9 heteroatoms. The number of nitrogens with one attached hydrogen (secondary N) is 2. The normalized spacial score (nSPS) is 12.0. The van der Waals surface area contributed by atoms with Gasteiger partial charge < -0.3 is 15.1 Å². The Bertz CT molecular complexity index is 1320. The molecule has 0 aliphatic carbocycles. The lowest BCUT2D eigenvalue weighted by Crippen LogP contribution is -1.86.